The molecule has 0 atom stereocenters. The number of hydrogen-bond acceptors (Lipinski definition) is 1. The summed E-state index contributed by atoms with van der Waals surface area (Å²) in [6.07, 6.45) is 6.21. The van der Waals surface area contributed by atoms with Crippen LogP contribution in [0.25, 0.3) is 0 Å². The Kier molecular flexibility index (Phi) is 2.86. The second-order valence-electron chi connectivity index (χ2n) is 3.58. The molecule has 0 aliphatic heterocycles. The maximum absolute atomic E-state index is 11.3. The van der Waals surface area contributed by atoms with Gasteiger partial charge >= 0.3 is 0 Å². The first-order valence-corrected chi connectivity index (χ1v) is 4.36. The highest BCUT2D eigenvalue weighted by Crippen LogP contribution is 2.28. The largest absolute Gasteiger partial charge is 0.299 e. The lowest BCUT2D eigenvalue weighted by atomic mass is 9.81. The molecule has 1 nitrogen and oxygen atoms in total. The molecule has 1 rings (SSSR count). The molecule has 1 aliphatic rings. The standard InChI is InChI=1S/C10H16O/c1-8(2)6-7-10(11)9-4-3-5-9/h6,9H,3-5,7H2,1-2H3. The molecule has 0 N–H and O–H groups in total. The SMILES string of the molecule is CC(C)=CCC(=O)C1CCC1. The minimum atomic E-state index is 0.408. The van der Waals surface area contributed by atoms with Gasteiger partial charge in [0.05, 0.1) is 0 Å². The van der Waals surface area contributed by atoms with E-state index in [2.05, 4.69) is 0 Å². The van der Waals surface area contributed by atoms with Crippen LogP contribution in [0.1, 0.15) is 39.5 Å². The van der Waals surface area contributed by atoms with Crippen molar-refractivity contribution in [3.8, 4) is 0 Å². The number of allylic oxidation sites excluding steroid dienone is 2. The zero-order valence-corrected chi connectivity index (χ0v) is 7.39. The quantitative estimate of drug-likeness (QED) is 0.568. The van der Waals surface area contributed by atoms with Crippen LogP contribution in [0.3, 0.4) is 0 Å². The molecule has 0 amide bonds. The van der Waals surface area contributed by atoms with E-state index in [1.54, 1.807) is 0 Å². The molecule has 0 bridgehead atoms. The number of ketones is 1. The van der Waals surface area contributed by atoms with Crippen LogP contribution in [0.5, 0.6) is 0 Å². The number of hydrogen-bond donors (Lipinski definition) is 0. The Morgan fingerprint density at radius 2 is 2.09 bits per heavy atom. The third-order valence-electron chi connectivity index (χ3n) is 2.27. The first kappa shape index (κ1) is 8.51. The second-order valence-corrected chi connectivity index (χ2v) is 3.58. The van der Waals surface area contributed by atoms with Gasteiger partial charge in [-0.05, 0) is 26.7 Å². The number of rotatable bonds is 3. The normalized spacial score (nSPS) is 17.3. The summed E-state index contributed by atoms with van der Waals surface area (Å²) in [6.45, 7) is 4.07. The summed E-state index contributed by atoms with van der Waals surface area (Å²) in [6, 6.07) is 0. The average Bonchev–Trinajstić information content (AvgIpc) is 1.79. The summed E-state index contributed by atoms with van der Waals surface area (Å²) in [5.74, 6) is 0.850. The molecule has 1 fully saturated rings. The minimum Gasteiger partial charge on any atom is -0.299 e. The van der Waals surface area contributed by atoms with Gasteiger partial charge in [0.25, 0.3) is 0 Å². The van der Waals surface area contributed by atoms with Gasteiger partial charge in [-0.15, -0.1) is 0 Å². The van der Waals surface area contributed by atoms with Crippen LogP contribution in [0.15, 0.2) is 11.6 Å². The van der Waals surface area contributed by atoms with Crippen molar-refractivity contribution in [1.29, 1.82) is 0 Å². The van der Waals surface area contributed by atoms with E-state index >= 15 is 0 Å². The van der Waals surface area contributed by atoms with Crippen molar-refractivity contribution in [1.82, 2.24) is 0 Å². The minimum absolute atomic E-state index is 0.408. The van der Waals surface area contributed by atoms with Gasteiger partial charge in [-0.2, -0.15) is 0 Å². The Labute approximate surface area is 68.5 Å². The van der Waals surface area contributed by atoms with Gasteiger partial charge in [0.1, 0.15) is 5.78 Å². The van der Waals surface area contributed by atoms with Gasteiger partial charge in [0.15, 0.2) is 0 Å². The fourth-order valence-corrected chi connectivity index (χ4v) is 1.20. The Morgan fingerprint density at radius 1 is 1.45 bits per heavy atom. The van der Waals surface area contributed by atoms with Crippen LogP contribution < -0.4 is 0 Å². The summed E-state index contributed by atoms with van der Waals surface area (Å²) in [7, 11) is 0. The third kappa shape index (κ3) is 2.49. The lowest BCUT2D eigenvalue weighted by Gasteiger charge is -2.23. The van der Waals surface area contributed by atoms with Crippen molar-refractivity contribution in [2.24, 2.45) is 5.92 Å². The Bertz CT molecular complexity index is 171. The highest BCUT2D eigenvalue weighted by atomic mass is 16.1. The smallest absolute Gasteiger partial charge is 0.139 e. The van der Waals surface area contributed by atoms with E-state index in [1.807, 2.05) is 19.9 Å². The van der Waals surface area contributed by atoms with Crippen LogP contribution in [0.4, 0.5) is 0 Å². The molecule has 0 saturated heterocycles. The maximum atomic E-state index is 11.3. The van der Waals surface area contributed by atoms with Crippen molar-refractivity contribution in [2.45, 2.75) is 39.5 Å². The fourth-order valence-electron chi connectivity index (χ4n) is 1.20. The molecule has 1 heteroatoms. The predicted molar refractivity (Wildman–Crippen MR) is 46.4 cm³/mol. The van der Waals surface area contributed by atoms with Crippen LogP contribution in [0, 0.1) is 5.92 Å². The van der Waals surface area contributed by atoms with Gasteiger partial charge in [0, 0.05) is 12.3 Å². The van der Waals surface area contributed by atoms with Gasteiger partial charge in [-0.1, -0.05) is 18.1 Å². The van der Waals surface area contributed by atoms with Crippen LogP contribution in [-0.4, -0.2) is 5.78 Å². The van der Waals surface area contributed by atoms with Crippen molar-refractivity contribution >= 4 is 5.78 Å². The summed E-state index contributed by atoms with van der Waals surface area (Å²) < 4.78 is 0. The van der Waals surface area contributed by atoms with E-state index in [-0.39, 0.29) is 0 Å². The van der Waals surface area contributed by atoms with Gasteiger partial charge in [-0.3, -0.25) is 4.79 Å². The van der Waals surface area contributed by atoms with E-state index in [0.717, 1.165) is 12.8 Å². The van der Waals surface area contributed by atoms with Gasteiger partial charge in [-0.25, -0.2) is 0 Å². The molecular formula is C10H16O. The van der Waals surface area contributed by atoms with Crippen LogP contribution in [0.2, 0.25) is 0 Å². The fraction of sp³-hybridized carbons (Fsp3) is 0.700. The zero-order chi connectivity index (χ0) is 8.27. The Balaban J connectivity index is 2.25. The van der Waals surface area contributed by atoms with Gasteiger partial charge in [0.2, 0.25) is 0 Å². The second kappa shape index (κ2) is 3.70. The molecular weight excluding hydrogens is 136 g/mol. The molecule has 0 unspecified atom stereocenters. The maximum Gasteiger partial charge on any atom is 0.139 e. The predicted octanol–water partition coefficient (Wildman–Crippen LogP) is 2.71. The van der Waals surface area contributed by atoms with Gasteiger partial charge < -0.3 is 0 Å². The zero-order valence-electron chi connectivity index (χ0n) is 7.39. The highest BCUT2D eigenvalue weighted by Gasteiger charge is 2.23. The summed E-state index contributed by atoms with van der Waals surface area (Å²) in [5, 5.41) is 0. The molecule has 1 aliphatic carbocycles. The summed E-state index contributed by atoms with van der Waals surface area (Å²) in [4.78, 5) is 11.3. The van der Waals surface area contributed by atoms with Crippen molar-refractivity contribution in [3.05, 3.63) is 11.6 Å². The topological polar surface area (TPSA) is 17.1 Å². The van der Waals surface area contributed by atoms with E-state index in [1.165, 1.54) is 12.0 Å². The van der Waals surface area contributed by atoms with Crippen molar-refractivity contribution < 1.29 is 4.79 Å². The van der Waals surface area contributed by atoms with E-state index in [4.69, 9.17) is 0 Å². The Hall–Kier alpha value is -0.590. The molecule has 0 heterocycles. The monoisotopic (exact) mass is 152 g/mol. The first-order valence-electron chi connectivity index (χ1n) is 4.36. The molecule has 0 aromatic rings. The molecule has 62 valence electrons. The average molecular weight is 152 g/mol. The summed E-state index contributed by atoms with van der Waals surface area (Å²) >= 11 is 0. The van der Waals surface area contributed by atoms with E-state index < -0.39 is 0 Å². The van der Waals surface area contributed by atoms with E-state index in [9.17, 15) is 4.79 Å². The third-order valence-corrected chi connectivity index (χ3v) is 2.27. The molecule has 0 aromatic carbocycles. The lowest BCUT2D eigenvalue weighted by molar-refractivity contribution is -0.124. The Morgan fingerprint density at radius 3 is 2.45 bits per heavy atom. The molecule has 0 aromatic heterocycles. The molecule has 0 radical (unpaired) electrons. The van der Waals surface area contributed by atoms with Crippen molar-refractivity contribution in [3.63, 3.8) is 0 Å². The number of carbonyl (C=O) groups excluding carboxylic acids is 1. The highest BCUT2D eigenvalue weighted by molar-refractivity contribution is 5.83. The summed E-state index contributed by atoms with van der Waals surface area (Å²) in [5.41, 5.74) is 1.25. The van der Waals surface area contributed by atoms with Crippen molar-refractivity contribution in [2.75, 3.05) is 0 Å². The first-order chi connectivity index (χ1) is 5.20. The molecule has 0 spiro atoms. The number of carbonyl (C=O) groups is 1. The lowest BCUT2D eigenvalue weighted by Crippen LogP contribution is -2.21. The number of Topliss-reactive ketones (excluding diaryl/α,β-unsaturated/α-hetero) is 1. The molecule has 1 saturated carbocycles. The van der Waals surface area contributed by atoms with Crippen LogP contribution >= 0.6 is 0 Å². The van der Waals surface area contributed by atoms with E-state index in [0.29, 0.717) is 18.1 Å². The molecule has 11 heavy (non-hydrogen) atoms. The van der Waals surface area contributed by atoms with Crippen LogP contribution in [-0.2, 0) is 4.79 Å².